The van der Waals surface area contributed by atoms with Crippen LogP contribution in [-0.4, -0.2) is 38.4 Å². The second kappa shape index (κ2) is 10.3. The van der Waals surface area contributed by atoms with E-state index < -0.39 is 29.5 Å². The minimum atomic E-state index is -1.95. The van der Waals surface area contributed by atoms with Crippen LogP contribution in [0.25, 0.3) is 17.1 Å². The first-order chi connectivity index (χ1) is 18.4. The molecule has 2 amide bonds. The summed E-state index contributed by atoms with van der Waals surface area (Å²) in [7, 11) is 0. The third-order valence-electron chi connectivity index (χ3n) is 5.97. The summed E-state index contributed by atoms with van der Waals surface area (Å²) in [6.07, 6.45) is 5.58. The van der Waals surface area contributed by atoms with Crippen LogP contribution < -0.4 is 11.1 Å². The number of hydrogen-bond donors (Lipinski definition) is 2. The molecule has 192 valence electrons. The Morgan fingerprint density at radius 2 is 1.76 bits per heavy atom. The lowest BCUT2D eigenvalue weighted by atomic mass is 9.97. The molecule has 3 heterocycles. The lowest BCUT2D eigenvalue weighted by Crippen LogP contribution is -2.61. The first-order valence-electron chi connectivity index (χ1n) is 11.5. The van der Waals surface area contributed by atoms with E-state index in [1.807, 2.05) is 30.3 Å². The van der Waals surface area contributed by atoms with Crippen LogP contribution in [0, 0.1) is 5.82 Å². The van der Waals surface area contributed by atoms with Crippen molar-refractivity contribution in [2.24, 2.45) is 5.73 Å². The number of amides is 2. The zero-order valence-electron chi connectivity index (χ0n) is 19.8. The molecule has 1 unspecified atom stereocenters. The molecule has 1 atom stereocenters. The maximum absolute atomic E-state index is 13.6. The van der Waals surface area contributed by atoms with Gasteiger partial charge in [0.2, 0.25) is 0 Å². The second-order valence-corrected chi connectivity index (χ2v) is 8.81. The highest BCUT2D eigenvalue weighted by atomic mass is 35.5. The summed E-state index contributed by atoms with van der Waals surface area (Å²) in [5, 5.41) is 7.59. The molecule has 0 saturated heterocycles. The van der Waals surface area contributed by atoms with Crippen molar-refractivity contribution in [3.63, 3.8) is 0 Å². The Hall–Kier alpha value is -4.70. The zero-order valence-corrected chi connectivity index (χ0v) is 20.5. The Balaban J connectivity index is 1.48. The molecule has 5 rings (SSSR count). The average Bonchev–Trinajstić information content (AvgIpc) is 3.58. The molecular formula is C27H21ClFN5O4. The van der Waals surface area contributed by atoms with Crippen molar-refractivity contribution in [2.75, 3.05) is 0 Å². The van der Waals surface area contributed by atoms with Gasteiger partial charge in [-0.05, 0) is 42.0 Å². The van der Waals surface area contributed by atoms with Crippen molar-refractivity contribution in [3.05, 3.63) is 114 Å². The molecule has 2 aromatic carbocycles. The van der Waals surface area contributed by atoms with Crippen molar-refractivity contribution in [1.29, 1.82) is 0 Å². The monoisotopic (exact) mass is 533 g/mol. The van der Waals surface area contributed by atoms with E-state index in [-0.39, 0.29) is 22.8 Å². The number of pyridine rings is 1. The molecule has 9 nitrogen and oxygen atoms in total. The van der Waals surface area contributed by atoms with Crippen LogP contribution in [0.2, 0.25) is 5.02 Å². The van der Waals surface area contributed by atoms with Crippen LogP contribution in [0.4, 0.5) is 4.39 Å². The Bertz CT molecular complexity index is 1500. The van der Waals surface area contributed by atoms with Crippen molar-refractivity contribution in [1.82, 2.24) is 20.1 Å². The van der Waals surface area contributed by atoms with Crippen molar-refractivity contribution in [2.45, 2.75) is 18.2 Å². The summed E-state index contributed by atoms with van der Waals surface area (Å²) in [5.74, 6) is -3.64. The second-order valence-electron chi connectivity index (χ2n) is 8.41. The highest BCUT2D eigenvalue weighted by Gasteiger charge is 2.51. The molecule has 38 heavy (non-hydrogen) atoms. The fraction of sp³-hybridized carbons (Fsp3) is 0.111. The summed E-state index contributed by atoms with van der Waals surface area (Å²) in [6, 6.07) is 17.0. The van der Waals surface area contributed by atoms with Gasteiger partial charge < -0.3 is 20.5 Å². The van der Waals surface area contributed by atoms with E-state index in [0.717, 1.165) is 5.56 Å². The number of nitrogens with zero attached hydrogens (tertiary/aromatic N) is 3. The molecule has 4 aromatic rings. The van der Waals surface area contributed by atoms with Crippen LogP contribution in [0.5, 0.6) is 0 Å². The fourth-order valence-electron chi connectivity index (χ4n) is 4.13. The summed E-state index contributed by atoms with van der Waals surface area (Å²) in [4.78, 5) is 30.4. The molecule has 11 heteroatoms. The van der Waals surface area contributed by atoms with Gasteiger partial charge in [0, 0.05) is 18.2 Å². The zero-order chi connectivity index (χ0) is 26.7. The van der Waals surface area contributed by atoms with Crippen molar-refractivity contribution >= 4 is 23.4 Å². The molecule has 0 radical (unpaired) electrons. The highest BCUT2D eigenvalue weighted by molar-refractivity contribution is 6.33. The Morgan fingerprint density at radius 1 is 1.05 bits per heavy atom. The van der Waals surface area contributed by atoms with Gasteiger partial charge in [0.05, 0.1) is 16.8 Å². The summed E-state index contributed by atoms with van der Waals surface area (Å²) >= 11 is 6.42. The molecule has 0 bridgehead atoms. The SMILES string of the molecule is NC(=O)C1(C(Cc2ccccc2)NC(=O)c2cccnc2-n2cc(Cl)c(-c3ccc(F)cc3)n2)OC=CO1. The topological polar surface area (TPSA) is 121 Å². The maximum Gasteiger partial charge on any atom is 0.352 e. The van der Waals surface area contributed by atoms with Gasteiger partial charge in [-0.1, -0.05) is 41.9 Å². The Kier molecular flexibility index (Phi) is 6.80. The number of nitrogens with one attached hydrogen (secondary N) is 1. The number of nitrogens with two attached hydrogens (primary N) is 1. The van der Waals surface area contributed by atoms with Crippen LogP contribution in [0.3, 0.4) is 0 Å². The van der Waals surface area contributed by atoms with E-state index >= 15 is 0 Å². The number of carbonyl (C=O) groups is 2. The van der Waals surface area contributed by atoms with Gasteiger partial charge in [0.15, 0.2) is 5.82 Å². The molecule has 0 saturated carbocycles. The van der Waals surface area contributed by atoms with Crippen LogP contribution in [0.1, 0.15) is 15.9 Å². The van der Waals surface area contributed by atoms with Crippen LogP contribution in [0.15, 0.2) is 91.6 Å². The summed E-state index contributed by atoms with van der Waals surface area (Å²) in [6.45, 7) is 0. The number of hydrogen-bond acceptors (Lipinski definition) is 6. The van der Waals surface area contributed by atoms with Gasteiger partial charge in [0.25, 0.3) is 5.91 Å². The number of aromatic nitrogens is 3. The largest absolute Gasteiger partial charge is 0.447 e. The minimum absolute atomic E-state index is 0.140. The van der Waals surface area contributed by atoms with Gasteiger partial charge in [0.1, 0.15) is 30.1 Å². The summed E-state index contributed by atoms with van der Waals surface area (Å²) in [5.41, 5.74) is 7.59. The van der Waals surface area contributed by atoms with Gasteiger partial charge in [-0.25, -0.2) is 14.1 Å². The highest BCUT2D eigenvalue weighted by Crippen LogP contribution is 2.29. The van der Waals surface area contributed by atoms with Gasteiger partial charge >= 0.3 is 11.7 Å². The molecular weight excluding hydrogens is 513 g/mol. The molecule has 1 aliphatic heterocycles. The lowest BCUT2D eigenvalue weighted by Gasteiger charge is -2.33. The predicted octanol–water partition coefficient (Wildman–Crippen LogP) is 3.77. The maximum atomic E-state index is 13.6. The predicted molar refractivity (Wildman–Crippen MR) is 136 cm³/mol. The van der Waals surface area contributed by atoms with E-state index in [0.29, 0.717) is 11.3 Å². The fourth-order valence-corrected chi connectivity index (χ4v) is 4.36. The number of benzene rings is 2. The summed E-state index contributed by atoms with van der Waals surface area (Å²) < 4.78 is 25.7. The van der Waals surface area contributed by atoms with E-state index in [1.165, 1.54) is 41.7 Å². The molecule has 0 fully saturated rings. The number of carbonyl (C=O) groups excluding carboxylic acids is 2. The standard InChI is InChI=1S/C27H21ClFN5O4/c28-21-16-34(33-23(21)18-8-10-19(29)11-9-18)24-20(7-4-12-31-24)25(35)32-22(15-17-5-2-1-3-6-17)27(26(30)36)37-13-14-38-27/h1-14,16,22H,15H2,(H2,30,36)(H,32,35). The Labute approximate surface area is 221 Å². The average molecular weight is 534 g/mol. The third-order valence-corrected chi connectivity index (χ3v) is 6.24. The van der Waals surface area contributed by atoms with E-state index in [2.05, 4.69) is 15.4 Å². The number of primary amides is 1. The molecule has 3 N–H and O–H groups in total. The first-order valence-corrected chi connectivity index (χ1v) is 11.9. The quantitative estimate of drug-likeness (QED) is 0.355. The molecule has 0 spiro atoms. The van der Waals surface area contributed by atoms with Gasteiger partial charge in [-0.2, -0.15) is 5.10 Å². The third kappa shape index (κ3) is 4.81. The minimum Gasteiger partial charge on any atom is -0.447 e. The molecule has 2 aromatic heterocycles. The number of halogens is 2. The molecule has 1 aliphatic rings. The van der Waals surface area contributed by atoms with E-state index in [4.69, 9.17) is 26.8 Å². The normalized spacial score (nSPS) is 14.4. The molecule has 0 aliphatic carbocycles. The van der Waals surface area contributed by atoms with Crippen molar-refractivity contribution < 1.29 is 23.5 Å². The Morgan fingerprint density at radius 3 is 2.45 bits per heavy atom. The number of ether oxygens (including phenoxy) is 2. The van der Waals surface area contributed by atoms with Gasteiger partial charge in [-0.15, -0.1) is 0 Å². The lowest BCUT2D eigenvalue weighted by molar-refractivity contribution is -0.182. The van der Waals surface area contributed by atoms with Crippen LogP contribution in [-0.2, 0) is 20.7 Å². The van der Waals surface area contributed by atoms with Gasteiger partial charge in [-0.3, -0.25) is 9.59 Å². The van der Waals surface area contributed by atoms with Crippen LogP contribution >= 0.6 is 11.6 Å². The van der Waals surface area contributed by atoms with Crippen molar-refractivity contribution in [3.8, 4) is 17.1 Å². The van der Waals surface area contributed by atoms with E-state index in [1.54, 1.807) is 24.3 Å². The number of rotatable bonds is 8. The first kappa shape index (κ1) is 25.0. The smallest absolute Gasteiger partial charge is 0.352 e. The van der Waals surface area contributed by atoms with E-state index in [9.17, 15) is 14.0 Å².